The first-order chi connectivity index (χ1) is 8.43. The molecule has 0 saturated heterocycles. The Morgan fingerprint density at radius 1 is 1.39 bits per heavy atom. The zero-order valence-electron chi connectivity index (χ0n) is 11.9. The van der Waals surface area contributed by atoms with E-state index < -0.39 is 0 Å². The van der Waals surface area contributed by atoms with E-state index in [1.54, 1.807) is 0 Å². The van der Waals surface area contributed by atoms with Crippen LogP contribution in [0.2, 0.25) is 0 Å². The molecule has 102 valence electrons. The summed E-state index contributed by atoms with van der Waals surface area (Å²) < 4.78 is 2.13. The maximum Gasteiger partial charge on any atom is 0.147 e. The highest BCUT2D eigenvalue weighted by Gasteiger charge is 2.36. The van der Waals surface area contributed by atoms with Gasteiger partial charge in [0.1, 0.15) is 12.2 Å². The first kappa shape index (κ1) is 13.5. The lowest BCUT2D eigenvalue weighted by atomic mass is 9.80. The molecule has 5 heteroatoms. The van der Waals surface area contributed by atoms with Crippen LogP contribution in [0.5, 0.6) is 0 Å². The fourth-order valence-corrected chi connectivity index (χ4v) is 3.01. The Balaban J connectivity index is 2.18. The van der Waals surface area contributed by atoms with Gasteiger partial charge >= 0.3 is 0 Å². The minimum atomic E-state index is 0.178. The van der Waals surface area contributed by atoms with Gasteiger partial charge in [0, 0.05) is 25.2 Å². The van der Waals surface area contributed by atoms with E-state index in [1.807, 2.05) is 6.33 Å². The van der Waals surface area contributed by atoms with Gasteiger partial charge in [0.25, 0.3) is 0 Å². The van der Waals surface area contributed by atoms with Crippen LogP contribution in [0.3, 0.4) is 0 Å². The Morgan fingerprint density at radius 3 is 2.72 bits per heavy atom. The molecule has 2 heterocycles. The van der Waals surface area contributed by atoms with Gasteiger partial charge in [-0.25, -0.2) is 0 Å². The molecule has 0 fully saturated rings. The van der Waals surface area contributed by atoms with Crippen molar-refractivity contribution in [1.82, 2.24) is 19.7 Å². The standard InChI is InChI=1S/C13H25N5/c1-5-10(14)12(13(2,3)4)17-6-7-18-9-15-16-11(18)8-17/h9-10,12H,5-8,14H2,1-4H3. The Labute approximate surface area is 109 Å². The molecule has 0 aromatic carbocycles. The summed E-state index contributed by atoms with van der Waals surface area (Å²) in [7, 11) is 0. The molecule has 2 unspecified atom stereocenters. The van der Waals surface area contributed by atoms with Gasteiger partial charge in [0.15, 0.2) is 0 Å². The normalized spacial score (nSPS) is 20.5. The molecule has 0 radical (unpaired) electrons. The zero-order valence-corrected chi connectivity index (χ0v) is 11.9. The van der Waals surface area contributed by atoms with Gasteiger partial charge in [-0.1, -0.05) is 27.7 Å². The monoisotopic (exact) mass is 251 g/mol. The number of aromatic nitrogens is 3. The molecule has 1 aromatic heterocycles. The summed E-state index contributed by atoms with van der Waals surface area (Å²) in [4.78, 5) is 2.47. The lowest BCUT2D eigenvalue weighted by molar-refractivity contribution is 0.0524. The smallest absolute Gasteiger partial charge is 0.147 e. The molecule has 0 amide bonds. The van der Waals surface area contributed by atoms with Crippen LogP contribution in [0.1, 0.15) is 39.9 Å². The topological polar surface area (TPSA) is 60.0 Å². The first-order valence-corrected chi connectivity index (χ1v) is 6.79. The van der Waals surface area contributed by atoms with Crippen molar-refractivity contribution < 1.29 is 0 Å². The molecule has 2 rings (SSSR count). The van der Waals surface area contributed by atoms with E-state index in [1.165, 1.54) is 0 Å². The van der Waals surface area contributed by atoms with Crippen molar-refractivity contribution in [2.45, 2.75) is 59.3 Å². The molecule has 1 aromatic rings. The lowest BCUT2D eigenvalue weighted by Gasteiger charge is -2.44. The van der Waals surface area contributed by atoms with E-state index in [0.717, 1.165) is 31.9 Å². The summed E-state index contributed by atoms with van der Waals surface area (Å²) in [6.45, 7) is 11.8. The van der Waals surface area contributed by atoms with Gasteiger partial charge in [0.05, 0.1) is 6.54 Å². The van der Waals surface area contributed by atoms with Crippen LogP contribution in [0, 0.1) is 5.41 Å². The fourth-order valence-electron chi connectivity index (χ4n) is 3.01. The van der Waals surface area contributed by atoms with E-state index in [0.29, 0.717) is 6.04 Å². The molecule has 1 aliphatic rings. The second-order valence-corrected chi connectivity index (χ2v) is 6.29. The third-order valence-electron chi connectivity index (χ3n) is 3.83. The molecule has 0 bridgehead atoms. The van der Waals surface area contributed by atoms with Crippen LogP contribution < -0.4 is 5.73 Å². The summed E-state index contributed by atoms with van der Waals surface area (Å²) in [6.07, 6.45) is 2.82. The van der Waals surface area contributed by atoms with Gasteiger partial charge in [-0.05, 0) is 11.8 Å². The van der Waals surface area contributed by atoms with Crippen LogP contribution in [0.4, 0.5) is 0 Å². The number of fused-ring (bicyclic) bond motifs is 1. The van der Waals surface area contributed by atoms with Crippen LogP contribution in [0.15, 0.2) is 6.33 Å². The first-order valence-electron chi connectivity index (χ1n) is 6.79. The largest absolute Gasteiger partial charge is 0.326 e. The molecule has 0 saturated carbocycles. The average molecular weight is 251 g/mol. The van der Waals surface area contributed by atoms with Crippen LogP contribution >= 0.6 is 0 Å². The van der Waals surface area contributed by atoms with Crippen LogP contribution in [0.25, 0.3) is 0 Å². The molecular weight excluding hydrogens is 226 g/mol. The molecule has 1 aliphatic heterocycles. The highest BCUT2D eigenvalue weighted by Crippen LogP contribution is 2.29. The SMILES string of the molecule is CCC(N)C(N1CCn2cnnc2C1)C(C)(C)C. The predicted molar refractivity (Wildman–Crippen MR) is 71.9 cm³/mol. The van der Waals surface area contributed by atoms with Gasteiger partial charge in [-0.15, -0.1) is 10.2 Å². The minimum Gasteiger partial charge on any atom is -0.326 e. The second kappa shape index (κ2) is 4.97. The van der Waals surface area contributed by atoms with Crippen molar-refractivity contribution >= 4 is 0 Å². The number of nitrogens with zero attached hydrogens (tertiary/aromatic N) is 4. The van der Waals surface area contributed by atoms with Crippen molar-refractivity contribution in [1.29, 1.82) is 0 Å². The third kappa shape index (κ3) is 2.57. The molecule has 0 spiro atoms. The van der Waals surface area contributed by atoms with Gasteiger partial charge in [-0.3, -0.25) is 4.90 Å². The van der Waals surface area contributed by atoms with Crippen molar-refractivity contribution in [3.8, 4) is 0 Å². The summed E-state index contributed by atoms with van der Waals surface area (Å²) in [5.41, 5.74) is 6.52. The van der Waals surface area contributed by atoms with Crippen molar-refractivity contribution in [3.63, 3.8) is 0 Å². The summed E-state index contributed by atoms with van der Waals surface area (Å²) in [5, 5.41) is 8.17. The van der Waals surface area contributed by atoms with E-state index in [-0.39, 0.29) is 11.5 Å². The average Bonchev–Trinajstić information content (AvgIpc) is 2.74. The molecule has 18 heavy (non-hydrogen) atoms. The van der Waals surface area contributed by atoms with Crippen molar-refractivity contribution in [2.75, 3.05) is 6.54 Å². The number of rotatable bonds is 3. The Kier molecular flexibility index (Phi) is 3.73. The zero-order chi connectivity index (χ0) is 13.3. The maximum atomic E-state index is 6.34. The lowest BCUT2D eigenvalue weighted by Crippen LogP contribution is -2.56. The van der Waals surface area contributed by atoms with Gasteiger partial charge < -0.3 is 10.3 Å². The number of hydrogen-bond donors (Lipinski definition) is 1. The Morgan fingerprint density at radius 2 is 2.11 bits per heavy atom. The van der Waals surface area contributed by atoms with Gasteiger partial charge in [0.2, 0.25) is 0 Å². The second-order valence-electron chi connectivity index (χ2n) is 6.29. The minimum absolute atomic E-state index is 0.178. The molecule has 2 N–H and O–H groups in total. The third-order valence-corrected chi connectivity index (χ3v) is 3.83. The van der Waals surface area contributed by atoms with E-state index in [4.69, 9.17) is 5.73 Å². The Hall–Kier alpha value is -0.940. The quantitative estimate of drug-likeness (QED) is 0.878. The summed E-state index contributed by atoms with van der Waals surface area (Å²) >= 11 is 0. The fraction of sp³-hybridized carbons (Fsp3) is 0.846. The highest BCUT2D eigenvalue weighted by molar-refractivity contribution is 4.97. The molecular formula is C13H25N5. The molecule has 5 nitrogen and oxygen atoms in total. The number of nitrogens with two attached hydrogens (primary N) is 1. The number of hydrogen-bond acceptors (Lipinski definition) is 4. The van der Waals surface area contributed by atoms with Crippen molar-refractivity contribution in [3.05, 3.63) is 12.2 Å². The Bertz CT molecular complexity index is 392. The summed E-state index contributed by atoms with van der Waals surface area (Å²) in [6, 6.07) is 0.590. The van der Waals surface area contributed by atoms with Gasteiger partial charge in [-0.2, -0.15) is 0 Å². The highest BCUT2D eigenvalue weighted by atomic mass is 15.3. The van der Waals surface area contributed by atoms with Crippen LogP contribution in [-0.4, -0.2) is 38.3 Å². The maximum absolute atomic E-state index is 6.34. The van der Waals surface area contributed by atoms with Crippen LogP contribution in [-0.2, 0) is 13.1 Å². The summed E-state index contributed by atoms with van der Waals surface area (Å²) in [5.74, 6) is 1.05. The predicted octanol–water partition coefficient (Wildman–Crippen LogP) is 1.25. The van der Waals surface area contributed by atoms with E-state index in [9.17, 15) is 0 Å². The molecule has 0 aliphatic carbocycles. The van der Waals surface area contributed by atoms with E-state index >= 15 is 0 Å². The molecule has 2 atom stereocenters. The van der Waals surface area contributed by atoms with Crippen molar-refractivity contribution in [2.24, 2.45) is 11.1 Å². The van der Waals surface area contributed by atoms with E-state index in [2.05, 4.69) is 47.4 Å².